The summed E-state index contributed by atoms with van der Waals surface area (Å²) < 4.78 is 10.4. The molecule has 0 saturated carbocycles. The summed E-state index contributed by atoms with van der Waals surface area (Å²) in [4.78, 5) is 28.5. The van der Waals surface area contributed by atoms with Gasteiger partial charge in [0.1, 0.15) is 11.6 Å². The molecule has 0 spiro atoms. The number of anilines is 1. The summed E-state index contributed by atoms with van der Waals surface area (Å²) in [7, 11) is 0. The number of amides is 1. The Bertz CT molecular complexity index is 1220. The lowest BCUT2D eigenvalue weighted by Crippen LogP contribution is -2.24. The predicted octanol–water partition coefficient (Wildman–Crippen LogP) is 4.94. The van der Waals surface area contributed by atoms with Crippen molar-refractivity contribution >= 4 is 63.3 Å². The molecule has 0 bridgehead atoms. The molecule has 3 rings (SSSR count). The van der Waals surface area contributed by atoms with Crippen LogP contribution in [0.5, 0.6) is 5.75 Å². The fourth-order valence-corrected chi connectivity index (χ4v) is 3.39. The lowest BCUT2D eigenvalue weighted by molar-refractivity contribution is -0.149. The molecule has 3 aromatic rings. The molecule has 0 radical (unpaired) electrons. The Balaban J connectivity index is 1.61. The number of ether oxygens (including phenoxy) is 2. The van der Waals surface area contributed by atoms with E-state index in [1.165, 1.54) is 24.3 Å². The van der Waals surface area contributed by atoms with Crippen molar-refractivity contribution in [1.29, 1.82) is 5.26 Å². The summed E-state index contributed by atoms with van der Waals surface area (Å²) in [6, 6.07) is 11.4. The van der Waals surface area contributed by atoms with E-state index in [-0.39, 0.29) is 22.0 Å². The highest BCUT2D eigenvalue weighted by molar-refractivity contribution is 6.39. The number of benzene rings is 2. The number of nitrogens with one attached hydrogen (secondary N) is 1. The van der Waals surface area contributed by atoms with Crippen molar-refractivity contribution in [3.63, 3.8) is 0 Å². The van der Waals surface area contributed by atoms with E-state index < -0.39 is 25.1 Å². The van der Waals surface area contributed by atoms with Crippen LogP contribution in [0, 0.1) is 18.3 Å². The van der Waals surface area contributed by atoms with Gasteiger partial charge < -0.3 is 14.8 Å². The first kappa shape index (κ1) is 22.6. The van der Waals surface area contributed by atoms with Crippen LogP contribution in [0.25, 0.3) is 10.9 Å². The van der Waals surface area contributed by atoms with Gasteiger partial charge in [0.05, 0.1) is 21.3 Å². The first-order valence-corrected chi connectivity index (χ1v) is 9.95. The summed E-state index contributed by atoms with van der Waals surface area (Å²) in [6.45, 7) is 0.717. The average molecular weight is 479 g/mol. The fourth-order valence-electron chi connectivity index (χ4n) is 2.65. The molecule has 31 heavy (non-hydrogen) atoms. The molecule has 1 aromatic heterocycles. The lowest BCUT2D eigenvalue weighted by Gasteiger charge is -2.12. The SMILES string of the molecule is Cc1ccc2c(Cl)cc(Cl)c(OCC(=O)OCC(=O)Nc3cc(Cl)ccc3C#N)c2n1. The van der Waals surface area contributed by atoms with Crippen LogP contribution in [0.4, 0.5) is 5.69 Å². The van der Waals surface area contributed by atoms with Gasteiger partial charge in [0, 0.05) is 16.1 Å². The number of carbonyl (C=O) groups excluding carboxylic acids is 2. The van der Waals surface area contributed by atoms with E-state index >= 15 is 0 Å². The van der Waals surface area contributed by atoms with Crippen LogP contribution in [0.1, 0.15) is 11.3 Å². The maximum absolute atomic E-state index is 12.0. The molecule has 1 heterocycles. The molecule has 7 nitrogen and oxygen atoms in total. The third kappa shape index (κ3) is 5.56. The van der Waals surface area contributed by atoms with Crippen LogP contribution < -0.4 is 10.1 Å². The number of nitrogens with zero attached hydrogens (tertiary/aromatic N) is 2. The Morgan fingerprint density at radius 1 is 1.10 bits per heavy atom. The topological polar surface area (TPSA) is 101 Å². The second-order valence-corrected chi connectivity index (χ2v) is 7.57. The van der Waals surface area contributed by atoms with Gasteiger partial charge in [-0.25, -0.2) is 9.78 Å². The maximum Gasteiger partial charge on any atom is 0.344 e. The first-order chi connectivity index (χ1) is 14.8. The molecule has 0 unspecified atom stereocenters. The summed E-state index contributed by atoms with van der Waals surface area (Å²) >= 11 is 18.3. The van der Waals surface area contributed by atoms with Crippen LogP contribution in [-0.4, -0.2) is 30.1 Å². The molecule has 0 fully saturated rings. The van der Waals surface area contributed by atoms with E-state index in [9.17, 15) is 9.59 Å². The Hall–Kier alpha value is -3.05. The third-order valence-corrected chi connectivity index (χ3v) is 4.88. The van der Waals surface area contributed by atoms with E-state index in [0.717, 1.165) is 0 Å². The Labute approximate surface area is 192 Å². The zero-order valence-corrected chi connectivity index (χ0v) is 18.3. The number of aryl methyl sites for hydroxylation is 1. The highest BCUT2D eigenvalue weighted by Crippen LogP contribution is 2.37. The molecule has 1 amide bonds. The normalized spacial score (nSPS) is 10.4. The highest BCUT2D eigenvalue weighted by atomic mass is 35.5. The van der Waals surface area contributed by atoms with E-state index in [0.29, 0.717) is 26.6 Å². The monoisotopic (exact) mass is 477 g/mol. The molecule has 0 atom stereocenters. The summed E-state index contributed by atoms with van der Waals surface area (Å²) in [5.41, 5.74) is 1.56. The first-order valence-electron chi connectivity index (χ1n) is 8.81. The fraction of sp³-hybridized carbons (Fsp3) is 0.143. The van der Waals surface area contributed by atoms with E-state index in [1.807, 2.05) is 6.07 Å². The van der Waals surface area contributed by atoms with E-state index in [1.54, 1.807) is 19.1 Å². The van der Waals surface area contributed by atoms with Crippen molar-refractivity contribution in [3.8, 4) is 11.8 Å². The zero-order chi connectivity index (χ0) is 22.5. The standard InChI is InChI=1S/C21H14Cl3N3O4/c1-11-2-5-14-15(23)7-16(24)21(20(14)26-11)31-10-19(29)30-9-18(28)27-17-6-13(22)4-3-12(17)8-25/h2-7H,9-10H2,1H3,(H,27,28). The number of aromatic nitrogens is 1. The van der Waals surface area contributed by atoms with Gasteiger partial charge in [-0.05, 0) is 43.3 Å². The average Bonchev–Trinajstić information content (AvgIpc) is 2.72. The van der Waals surface area contributed by atoms with Crippen LogP contribution in [-0.2, 0) is 14.3 Å². The zero-order valence-electron chi connectivity index (χ0n) is 16.0. The number of fused-ring (bicyclic) bond motifs is 1. The minimum absolute atomic E-state index is 0.184. The predicted molar refractivity (Wildman–Crippen MR) is 118 cm³/mol. The van der Waals surface area contributed by atoms with Crippen LogP contribution in [0.3, 0.4) is 0 Å². The quantitative estimate of drug-likeness (QED) is 0.504. The molecule has 1 N–H and O–H groups in total. The van der Waals surface area contributed by atoms with Crippen molar-refractivity contribution < 1.29 is 19.1 Å². The van der Waals surface area contributed by atoms with Crippen LogP contribution >= 0.6 is 34.8 Å². The second-order valence-electron chi connectivity index (χ2n) is 6.32. The van der Waals surface area contributed by atoms with Gasteiger partial charge in [-0.15, -0.1) is 0 Å². The van der Waals surface area contributed by atoms with Crippen molar-refractivity contribution in [1.82, 2.24) is 4.98 Å². The van der Waals surface area contributed by atoms with Crippen molar-refractivity contribution in [3.05, 3.63) is 62.7 Å². The highest BCUT2D eigenvalue weighted by Gasteiger charge is 2.16. The number of hydrogen-bond donors (Lipinski definition) is 1. The Kier molecular flexibility index (Phi) is 7.18. The van der Waals surface area contributed by atoms with Crippen LogP contribution in [0.2, 0.25) is 15.1 Å². The van der Waals surface area contributed by atoms with Gasteiger partial charge in [-0.2, -0.15) is 5.26 Å². The summed E-state index contributed by atoms with van der Waals surface area (Å²) in [5, 5.41) is 13.1. The smallest absolute Gasteiger partial charge is 0.344 e. The Morgan fingerprint density at radius 2 is 1.87 bits per heavy atom. The molecule has 0 aliphatic carbocycles. The molecule has 158 valence electrons. The third-order valence-electron chi connectivity index (χ3n) is 4.05. The van der Waals surface area contributed by atoms with Gasteiger partial charge in [-0.1, -0.05) is 34.8 Å². The van der Waals surface area contributed by atoms with E-state index in [2.05, 4.69) is 10.3 Å². The van der Waals surface area contributed by atoms with Crippen molar-refractivity contribution in [2.45, 2.75) is 6.92 Å². The molecule has 10 heteroatoms. The maximum atomic E-state index is 12.0. The summed E-state index contributed by atoms with van der Waals surface area (Å²) in [5.74, 6) is -1.25. The number of halogens is 3. The van der Waals surface area contributed by atoms with Crippen molar-refractivity contribution in [2.75, 3.05) is 18.5 Å². The number of nitriles is 1. The van der Waals surface area contributed by atoms with Gasteiger partial charge in [0.25, 0.3) is 5.91 Å². The lowest BCUT2D eigenvalue weighted by atomic mass is 10.2. The van der Waals surface area contributed by atoms with Gasteiger partial charge >= 0.3 is 5.97 Å². The minimum atomic E-state index is -0.798. The molecule has 0 aliphatic heterocycles. The van der Waals surface area contributed by atoms with Crippen LogP contribution in [0.15, 0.2) is 36.4 Å². The number of carbonyl (C=O) groups is 2. The molecule has 0 aliphatic rings. The largest absolute Gasteiger partial charge is 0.478 e. The molecule has 0 saturated heterocycles. The number of esters is 1. The molecule has 2 aromatic carbocycles. The number of hydrogen-bond acceptors (Lipinski definition) is 6. The summed E-state index contributed by atoms with van der Waals surface area (Å²) in [6.07, 6.45) is 0. The Morgan fingerprint density at radius 3 is 2.61 bits per heavy atom. The molecular formula is C21H14Cl3N3O4. The van der Waals surface area contributed by atoms with Gasteiger partial charge in [-0.3, -0.25) is 4.79 Å². The van der Waals surface area contributed by atoms with Gasteiger partial charge in [0.15, 0.2) is 19.0 Å². The molecular weight excluding hydrogens is 465 g/mol. The van der Waals surface area contributed by atoms with Crippen molar-refractivity contribution in [2.24, 2.45) is 0 Å². The number of pyridine rings is 1. The minimum Gasteiger partial charge on any atom is -0.478 e. The van der Waals surface area contributed by atoms with Gasteiger partial charge in [0.2, 0.25) is 0 Å². The number of rotatable bonds is 6. The van der Waals surface area contributed by atoms with E-state index in [4.69, 9.17) is 49.5 Å². The second kappa shape index (κ2) is 9.84.